The third-order valence-electron chi connectivity index (χ3n) is 2.53. The van der Waals surface area contributed by atoms with Gasteiger partial charge in [-0.2, -0.15) is 0 Å². The zero-order chi connectivity index (χ0) is 13.0. The van der Waals surface area contributed by atoms with Crippen LogP contribution in [0.5, 0.6) is 0 Å². The van der Waals surface area contributed by atoms with E-state index < -0.39 is 25.2 Å². The molecule has 0 saturated heterocycles. The lowest BCUT2D eigenvalue weighted by atomic mass is 10.0. The first kappa shape index (κ1) is 15.9. The van der Waals surface area contributed by atoms with Crippen LogP contribution >= 0.6 is 11.6 Å². The Labute approximate surface area is 101 Å². The van der Waals surface area contributed by atoms with E-state index in [2.05, 4.69) is 0 Å². The Morgan fingerprint density at radius 3 is 2.25 bits per heavy atom. The molecule has 4 N–H and O–H groups in total. The van der Waals surface area contributed by atoms with Crippen molar-refractivity contribution in [1.82, 2.24) is 0 Å². The van der Waals surface area contributed by atoms with Crippen LogP contribution in [0, 0.1) is 0 Å². The number of halogens is 1. The van der Waals surface area contributed by atoms with Gasteiger partial charge in [0.15, 0.2) is 0 Å². The van der Waals surface area contributed by atoms with Gasteiger partial charge in [0, 0.05) is 5.54 Å². The lowest BCUT2D eigenvalue weighted by Gasteiger charge is -2.27. The van der Waals surface area contributed by atoms with E-state index in [-0.39, 0.29) is 6.42 Å². The molecule has 7 heteroatoms. The van der Waals surface area contributed by atoms with Gasteiger partial charge in [0.05, 0.1) is 0 Å². The molecule has 0 aliphatic heterocycles. The van der Waals surface area contributed by atoms with Crippen LogP contribution in [0.2, 0.25) is 5.54 Å². The Hall–Kier alpha value is -0.143. The zero-order valence-electron chi connectivity index (χ0n) is 9.48. The van der Waals surface area contributed by atoms with Crippen LogP contribution in [0.4, 0.5) is 0 Å². The number of aliphatic carboxylic acids is 1. The van der Waals surface area contributed by atoms with Gasteiger partial charge >= 0.3 is 14.8 Å². The summed E-state index contributed by atoms with van der Waals surface area (Å²) in [6, 6.07) is 0. The summed E-state index contributed by atoms with van der Waals surface area (Å²) in [5.41, 5.74) is -0.842. The fourth-order valence-electron chi connectivity index (χ4n) is 1.43. The molecule has 0 fully saturated rings. The number of carboxylic acid groups (broad SMARTS) is 1. The Balaban J connectivity index is 4.61. The molecule has 0 radical (unpaired) electrons. The number of unbranched alkanes of at least 4 members (excludes halogenated alkanes) is 1. The normalized spacial score (nSPS) is 17.9. The molecule has 0 rings (SSSR count). The summed E-state index contributed by atoms with van der Waals surface area (Å²) in [7, 11) is -4.33. The summed E-state index contributed by atoms with van der Waals surface area (Å²) in [5, 5.41) is 8.82. The summed E-state index contributed by atoms with van der Waals surface area (Å²) >= 11 is 5.74. The highest BCUT2D eigenvalue weighted by molar-refractivity contribution is 6.58. The Bertz CT molecular complexity index is 239. The Morgan fingerprint density at radius 1 is 1.44 bits per heavy atom. The van der Waals surface area contributed by atoms with Crippen LogP contribution in [-0.2, 0) is 4.79 Å². The average Bonchev–Trinajstić information content (AvgIpc) is 2.10. The molecule has 96 valence electrons. The molecule has 0 spiro atoms. The molecule has 2 atom stereocenters. The molecule has 0 aromatic rings. The Kier molecular flexibility index (Phi) is 5.92. The van der Waals surface area contributed by atoms with E-state index in [9.17, 15) is 19.2 Å². The van der Waals surface area contributed by atoms with E-state index in [0.717, 1.165) is 6.42 Å². The van der Waals surface area contributed by atoms with Crippen molar-refractivity contribution in [1.29, 1.82) is 0 Å². The van der Waals surface area contributed by atoms with E-state index in [4.69, 9.17) is 16.7 Å². The van der Waals surface area contributed by atoms with Gasteiger partial charge in [-0.1, -0.05) is 19.8 Å². The summed E-state index contributed by atoms with van der Waals surface area (Å²) in [6.45, 7) is 3.21. The number of hydrogen-bond donors (Lipinski definition) is 4. The van der Waals surface area contributed by atoms with Crippen LogP contribution in [0.15, 0.2) is 0 Å². The summed E-state index contributed by atoms with van der Waals surface area (Å²) in [4.78, 5) is 37.0. The molecule has 0 aromatic heterocycles. The predicted octanol–water partition coefficient (Wildman–Crippen LogP) is 0.935. The predicted molar refractivity (Wildman–Crippen MR) is 62.2 cm³/mol. The fraction of sp³-hybridized carbons (Fsp3) is 0.889. The number of carbonyl (C=O) groups is 1. The maximum Gasteiger partial charge on any atom is 0.496 e. The van der Waals surface area contributed by atoms with Gasteiger partial charge in [-0.05, 0) is 19.8 Å². The first-order valence-electron chi connectivity index (χ1n) is 5.20. The molecule has 0 bridgehead atoms. The van der Waals surface area contributed by atoms with Gasteiger partial charge in [-0.25, -0.2) is 0 Å². The molecular weight excluding hydrogens is 252 g/mol. The second-order valence-electron chi connectivity index (χ2n) is 4.23. The smallest absolute Gasteiger partial charge is 0.480 e. The maximum atomic E-state index is 10.8. The van der Waals surface area contributed by atoms with E-state index in [1.807, 2.05) is 6.92 Å². The van der Waals surface area contributed by atoms with Crippen molar-refractivity contribution in [2.75, 3.05) is 0 Å². The van der Waals surface area contributed by atoms with Crippen molar-refractivity contribution in [3.05, 3.63) is 0 Å². The van der Waals surface area contributed by atoms with Crippen molar-refractivity contribution in [3.8, 4) is 0 Å². The number of hydrogen-bond acceptors (Lipinski definition) is 4. The molecule has 0 saturated carbocycles. The SMILES string of the molecule is CCCCC(CC(C)(Cl)C(=O)O)[Si](O)(O)O. The van der Waals surface area contributed by atoms with Crippen molar-refractivity contribution in [2.24, 2.45) is 0 Å². The summed E-state index contributed by atoms with van der Waals surface area (Å²) < 4.78 is 0. The molecule has 0 heterocycles. The largest absolute Gasteiger partial charge is 0.496 e. The van der Waals surface area contributed by atoms with Gasteiger partial charge < -0.3 is 19.5 Å². The lowest BCUT2D eigenvalue weighted by molar-refractivity contribution is -0.140. The third-order valence-corrected chi connectivity index (χ3v) is 4.43. The topological polar surface area (TPSA) is 98.0 Å². The van der Waals surface area contributed by atoms with E-state index in [0.29, 0.717) is 12.8 Å². The molecular formula is C9H19ClO5Si. The van der Waals surface area contributed by atoms with Gasteiger partial charge in [-0.3, -0.25) is 4.79 Å². The van der Waals surface area contributed by atoms with E-state index in [1.54, 1.807) is 0 Å². The highest BCUT2D eigenvalue weighted by Crippen LogP contribution is 2.34. The van der Waals surface area contributed by atoms with Crippen LogP contribution in [0.1, 0.15) is 39.5 Å². The lowest BCUT2D eigenvalue weighted by Crippen LogP contribution is -2.44. The minimum absolute atomic E-state index is 0.153. The van der Waals surface area contributed by atoms with Crippen LogP contribution in [-0.4, -0.2) is 39.1 Å². The summed E-state index contributed by atoms with van der Waals surface area (Å²) in [6.07, 6.45) is 1.72. The molecule has 2 unspecified atom stereocenters. The van der Waals surface area contributed by atoms with Gasteiger partial charge in [0.2, 0.25) is 0 Å². The highest BCUT2D eigenvalue weighted by atomic mass is 35.5. The Morgan fingerprint density at radius 2 is 1.94 bits per heavy atom. The molecule has 16 heavy (non-hydrogen) atoms. The van der Waals surface area contributed by atoms with Crippen LogP contribution in [0.25, 0.3) is 0 Å². The minimum Gasteiger partial charge on any atom is -0.480 e. The average molecular weight is 271 g/mol. The second-order valence-corrected chi connectivity index (χ2v) is 7.26. The number of carboxylic acids is 1. The van der Waals surface area contributed by atoms with Crippen molar-refractivity contribution >= 4 is 26.4 Å². The van der Waals surface area contributed by atoms with Crippen LogP contribution in [0.3, 0.4) is 0 Å². The maximum absolute atomic E-state index is 10.8. The molecule has 0 aliphatic carbocycles. The first-order chi connectivity index (χ1) is 7.11. The monoisotopic (exact) mass is 270 g/mol. The van der Waals surface area contributed by atoms with E-state index in [1.165, 1.54) is 6.92 Å². The second kappa shape index (κ2) is 5.97. The highest BCUT2D eigenvalue weighted by Gasteiger charge is 2.45. The number of alkyl halides is 1. The standard InChI is InChI=1S/C9H19ClO5Si/c1-3-4-5-7(16(13,14)15)6-9(2,10)8(11)12/h7,13-15H,3-6H2,1-2H3,(H,11,12). The molecule has 0 amide bonds. The molecule has 0 aromatic carbocycles. The first-order valence-corrected chi connectivity index (χ1v) is 7.50. The quantitative estimate of drug-likeness (QED) is 0.408. The fourth-order valence-corrected chi connectivity index (χ4v) is 3.02. The van der Waals surface area contributed by atoms with Crippen molar-refractivity contribution in [3.63, 3.8) is 0 Å². The summed E-state index contributed by atoms with van der Waals surface area (Å²) in [5.74, 6) is -1.23. The molecule has 0 aliphatic rings. The van der Waals surface area contributed by atoms with Gasteiger partial charge in [0.25, 0.3) is 0 Å². The molecule has 5 nitrogen and oxygen atoms in total. The zero-order valence-corrected chi connectivity index (χ0v) is 11.2. The van der Waals surface area contributed by atoms with Gasteiger partial charge in [-0.15, -0.1) is 11.6 Å². The minimum atomic E-state index is -4.33. The van der Waals surface area contributed by atoms with Gasteiger partial charge in [0.1, 0.15) is 4.87 Å². The van der Waals surface area contributed by atoms with Crippen LogP contribution < -0.4 is 0 Å². The van der Waals surface area contributed by atoms with Crippen molar-refractivity contribution < 1.29 is 24.3 Å². The third kappa shape index (κ3) is 5.27. The number of rotatable bonds is 7. The van der Waals surface area contributed by atoms with Crippen molar-refractivity contribution in [2.45, 2.75) is 49.9 Å². The van der Waals surface area contributed by atoms with E-state index >= 15 is 0 Å².